The number of carbonyl (C=O) groups excluding carboxylic acids is 1. The minimum Gasteiger partial charge on any atom is -0.492 e. The van der Waals surface area contributed by atoms with Gasteiger partial charge in [-0.2, -0.15) is 0 Å². The maximum Gasteiger partial charge on any atom is 0.274 e. The van der Waals surface area contributed by atoms with Gasteiger partial charge in [-0.15, -0.1) is 0 Å². The molecule has 0 fully saturated rings. The van der Waals surface area contributed by atoms with Crippen molar-refractivity contribution >= 4 is 17.3 Å². The van der Waals surface area contributed by atoms with Crippen molar-refractivity contribution in [2.24, 2.45) is 0 Å². The third-order valence-electron chi connectivity index (χ3n) is 4.37. The molecule has 0 saturated carbocycles. The van der Waals surface area contributed by atoms with Crippen LogP contribution in [0.3, 0.4) is 0 Å². The number of carbonyl (C=O) groups is 1. The fraction of sp³-hybridized carbons (Fsp3) is 0.136. The summed E-state index contributed by atoms with van der Waals surface area (Å²) >= 11 is 0. The van der Waals surface area contributed by atoms with E-state index in [0.717, 1.165) is 12.0 Å². The number of nitrogens with one attached hydrogen (secondary N) is 1. The molecule has 1 N–H and O–H groups in total. The molecule has 142 valence electrons. The molecule has 0 aliphatic carbocycles. The number of hydrogen-bond acceptors (Lipinski definition) is 4. The summed E-state index contributed by atoms with van der Waals surface area (Å²) in [6.45, 7) is 2.04. The molecule has 28 heavy (non-hydrogen) atoms. The lowest BCUT2D eigenvalue weighted by Gasteiger charge is -2.13. The molecule has 0 atom stereocenters. The fourth-order valence-electron chi connectivity index (χ4n) is 2.85. The van der Waals surface area contributed by atoms with E-state index >= 15 is 0 Å². The Morgan fingerprint density at radius 1 is 1.00 bits per heavy atom. The minimum atomic E-state index is -0.467. The van der Waals surface area contributed by atoms with Gasteiger partial charge in [0.2, 0.25) is 0 Å². The quantitative estimate of drug-likeness (QED) is 0.475. The van der Waals surface area contributed by atoms with Crippen LogP contribution < -0.4 is 10.1 Å². The van der Waals surface area contributed by atoms with E-state index < -0.39 is 4.92 Å². The van der Waals surface area contributed by atoms with Crippen LogP contribution in [0.2, 0.25) is 0 Å². The number of anilines is 1. The van der Waals surface area contributed by atoms with Gasteiger partial charge in [-0.1, -0.05) is 48.5 Å². The molecule has 0 aliphatic heterocycles. The Balaban J connectivity index is 1.72. The summed E-state index contributed by atoms with van der Waals surface area (Å²) in [5.41, 5.74) is 2.30. The van der Waals surface area contributed by atoms with Crippen molar-refractivity contribution in [3.8, 4) is 5.75 Å². The Morgan fingerprint density at radius 3 is 2.46 bits per heavy atom. The summed E-state index contributed by atoms with van der Waals surface area (Å²) in [6, 6.07) is 21.5. The Kier molecular flexibility index (Phi) is 6.01. The fourth-order valence-corrected chi connectivity index (χ4v) is 2.85. The van der Waals surface area contributed by atoms with Crippen molar-refractivity contribution in [3.63, 3.8) is 0 Å². The molecule has 0 saturated heterocycles. The maximum absolute atomic E-state index is 12.7. The third-order valence-corrected chi connectivity index (χ3v) is 4.37. The number of para-hydroxylation sites is 1. The van der Waals surface area contributed by atoms with E-state index in [1.54, 1.807) is 43.3 Å². The van der Waals surface area contributed by atoms with Gasteiger partial charge >= 0.3 is 0 Å². The smallest absolute Gasteiger partial charge is 0.274 e. The van der Waals surface area contributed by atoms with Crippen LogP contribution in [0.15, 0.2) is 72.8 Å². The summed E-state index contributed by atoms with van der Waals surface area (Å²) in [7, 11) is 0. The molecule has 0 bridgehead atoms. The van der Waals surface area contributed by atoms with E-state index in [0.29, 0.717) is 29.2 Å². The van der Waals surface area contributed by atoms with Gasteiger partial charge < -0.3 is 10.1 Å². The van der Waals surface area contributed by atoms with Crippen molar-refractivity contribution in [2.75, 3.05) is 11.9 Å². The lowest BCUT2D eigenvalue weighted by Crippen LogP contribution is -2.15. The van der Waals surface area contributed by atoms with Gasteiger partial charge in [-0.25, -0.2) is 0 Å². The molecule has 3 aromatic rings. The molecule has 1 amide bonds. The highest BCUT2D eigenvalue weighted by molar-refractivity contribution is 6.06. The molecule has 3 aromatic carbocycles. The average Bonchev–Trinajstić information content (AvgIpc) is 2.70. The van der Waals surface area contributed by atoms with Gasteiger partial charge in [-0.3, -0.25) is 14.9 Å². The molecule has 0 spiro atoms. The summed E-state index contributed by atoms with van der Waals surface area (Å²) < 4.78 is 5.82. The lowest BCUT2D eigenvalue weighted by molar-refractivity contribution is -0.385. The lowest BCUT2D eigenvalue weighted by atomic mass is 10.1. The van der Waals surface area contributed by atoms with Crippen molar-refractivity contribution in [1.82, 2.24) is 0 Å². The number of rotatable bonds is 7. The van der Waals surface area contributed by atoms with Crippen LogP contribution in [0.4, 0.5) is 11.4 Å². The number of ether oxygens (including phenoxy) is 1. The summed E-state index contributed by atoms with van der Waals surface area (Å²) in [5, 5.41) is 13.8. The van der Waals surface area contributed by atoms with Crippen LogP contribution in [-0.4, -0.2) is 17.4 Å². The molecule has 6 heteroatoms. The molecular formula is C22H20N2O4. The van der Waals surface area contributed by atoms with Gasteiger partial charge in [0.15, 0.2) is 0 Å². The average molecular weight is 376 g/mol. The normalized spacial score (nSPS) is 10.3. The number of nitro benzene ring substituents is 1. The number of amides is 1. The molecule has 0 heterocycles. The van der Waals surface area contributed by atoms with Crippen molar-refractivity contribution in [1.29, 1.82) is 0 Å². The van der Waals surface area contributed by atoms with E-state index in [4.69, 9.17) is 4.74 Å². The van der Waals surface area contributed by atoms with Crippen LogP contribution in [0, 0.1) is 17.0 Å². The van der Waals surface area contributed by atoms with Gasteiger partial charge in [0, 0.05) is 12.5 Å². The van der Waals surface area contributed by atoms with Crippen molar-refractivity contribution in [3.05, 3.63) is 99.6 Å². The van der Waals surface area contributed by atoms with E-state index in [1.807, 2.05) is 30.3 Å². The van der Waals surface area contributed by atoms with Gasteiger partial charge in [0.25, 0.3) is 11.6 Å². The summed E-state index contributed by atoms with van der Waals surface area (Å²) in [5.74, 6) is 0.0953. The zero-order chi connectivity index (χ0) is 19.9. The Labute approximate surface area is 162 Å². The highest BCUT2D eigenvalue weighted by Gasteiger charge is 2.17. The first-order chi connectivity index (χ1) is 13.6. The van der Waals surface area contributed by atoms with Crippen LogP contribution in [0.25, 0.3) is 0 Å². The zero-order valence-corrected chi connectivity index (χ0v) is 15.4. The largest absolute Gasteiger partial charge is 0.492 e. The first-order valence-electron chi connectivity index (χ1n) is 8.87. The number of nitrogens with zero attached hydrogens (tertiary/aromatic N) is 1. The first kappa shape index (κ1) is 19.1. The molecule has 0 radical (unpaired) electrons. The summed E-state index contributed by atoms with van der Waals surface area (Å²) in [6.07, 6.45) is 0.723. The predicted molar refractivity (Wildman–Crippen MR) is 108 cm³/mol. The third kappa shape index (κ3) is 4.54. The maximum atomic E-state index is 12.7. The Hall–Kier alpha value is -3.67. The van der Waals surface area contributed by atoms with Crippen LogP contribution in [-0.2, 0) is 6.42 Å². The second-order valence-corrected chi connectivity index (χ2v) is 6.24. The van der Waals surface area contributed by atoms with Crippen LogP contribution in [0.5, 0.6) is 5.75 Å². The number of hydrogen-bond donors (Lipinski definition) is 1. The second-order valence-electron chi connectivity index (χ2n) is 6.24. The second kappa shape index (κ2) is 8.81. The highest BCUT2D eigenvalue weighted by Crippen LogP contribution is 2.26. The monoisotopic (exact) mass is 376 g/mol. The van der Waals surface area contributed by atoms with Crippen LogP contribution in [0.1, 0.15) is 21.5 Å². The Morgan fingerprint density at radius 2 is 1.71 bits per heavy atom. The topological polar surface area (TPSA) is 81.5 Å². The highest BCUT2D eigenvalue weighted by atomic mass is 16.6. The van der Waals surface area contributed by atoms with Crippen molar-refractivity contribution in [2.45, 2.75) is 13.3 Å². The predicted octanol–water partition coefficient (Wildman–Crippen LogP) is 4.78. The zero-order valence-electron chi connectivity index (χ0n) is 15.4. The SMILES string of the molecule is Cc1c(NC(=O)c2ccccc2OCCc2ccccc2)cccc1[N+](=O)[O-]. The summed E-state index contributed by atoms with van der Waals surface area (Å²) in [4.78, 5) is 23.4. The molecule has 0 aliphatic rings. The van der Waals surface area contributed by atoms with E-state index in [9.17, 15) is 14.9 Å². The minimum absolute atomic E-state index is 0.0369. The van der Waals surface area contributed by atoms with Crippen molar-refractivity contribution < 1.29 is 14.5 Å². The molecule has 0 unspecified atom stereocenters. The standard InChI is InChI=1S/C22H20N2O4/c1-16-19(11-7-12-20(16)24(26)27)23-22(25)18-10-5-6-13-21(18)28-15-14-17-8-3-2-4-9-17/h2-13H,14-15H2,1H3,(H,23,25). The van der Waals surface area contributed by atoms with E-state index in [2.05, 4.69) is 5.32 Å². The Bertz CT molecular complexity index is 987. The molecule has 0 aromatic heterocycles. The molecule has 3 rings (SSSR count). The molecule has 6 nitrogen and oxygen atoms in total. The van der Waals surface area contributed by atoms with E-state index in [-0.39, 0.29) is 11.6 Å². The van der Waals surface area contributed by atoms with Crippen LogP contribution >= 0.6 is 0 Å². The molecular weight excluding hydrogens is 356 g/mol. The number of nitro groups is 1. The van der Waals surface area contributed by atoms with Gasteiger partial charge in [-0.05, 0) is 30.7 Å². The first-order valence-corrected chi connectivity index (χ1v) is 8.87. The van der Waals surface area contributed by atoms with E-state index in [1.165, 1.54) is 6.07 Å². The number of benzene rings is 3. The van der Waals surface area contributed by atoms with Gasteiger partial charge in [0.05, 0.1) is 28.3 Å². The van der Waals surface area contributed by atoms with Gasteiger partial charge in [0.1, 0.15) is 5.75 Å².